The van der Waals surface area contributed by atoms with E-state index in [0.29, 0.717) is 37.6 Å². The zero-order valence-corrected chi connectivity index (χ0v) is 16.4. The third-order valence-corrected chi connectivity index (χ3v) is 3.03. The van der Waals surface area contributed by atoms with Gasteiger partial charge in [-0.2, -0.15) is 0 Å². The fourth-order valence-electron chi connectivity index (χ4n) is 0.387. The molecule has 0 spiro atoms. The first-order chi connectivity index (χ1) is 10.4. The lowest BCUT2D eigenvalue weighted by Crippen LogP contribution is -1.96. The van der Waals surface area contributed by atoms with Crippen molar-refractivity contribution < 1.29 is 34.6 Å². The molecule has 0 aliphatic rings. The summed E-state index contributed by atoms with van der Waals surface area (Å²) < 4.78 is 8.88. The van der Waals surface area contributed by atoms with E-state index in [-0.39, 0.29) is 0 Å². The second-order valence-corrected chi connectivity index (χ2v) is 6.63. The normalized spacial score (nSPS) is 13.9. The van der Waals surface area contributed by atoms with Gasteiger partial charge in [0, 0.05) is 19.8 Å². The van der Waals surface area contributed by atoms with Crippen molar-refractivity contribution in [1.82, 2.24) is 0 Å². The van der Waals surface area contributed by atoms with Crippen LogP contribution in [0.15, 0.2) is 0 Å². The van der Waals surface area contributed by atoms with E-state index in [1.807, 2.05) is 20.8 Å². The molecular formula is C15H39O7P. The molecule has 7 nitrogen and oxygen atoms in total. The van der Waals surface area contributed by atoms with Crippen molar-refractivity contribution in [3.05, 3.63) is 0 Å². The van der Waals surface area contributed by atoms with Crippen LogP contribution in [-0.2, 0) is 4.57 Å². The Balaban J connectivity index is -0.000000105. The molecule has 3 atom stereocenters. The van der Waals surface area contributed by atoms with Gasteiger partial charge < -0.3 is 30.0 Å². The van der Waals surface area contributed by atoms with Gasteiger partial charge >= 0.3 is 7.82 Å². The number of aliphatic hydroxyl groups is 3. The zero-order valence-electron chi connectivity index (χ0n) is 15.5. The molecule has 0 amide bonds. The fraction of sp³-hybridized carbons (Fsp3) is 1.00. The van der Waals surface area contributed by atoms with Crippen molar-refractivity contribution in [3.63, 3.8) is 0 Å². The van der Waals surface area contributed by atoms with Crippen LogP contribution in [0.2, 0.25) is 0 Å². The largest absolute Gasteiger partial charge is 0.466 e. The number of phosphoric acid groups is 1. The van der Waals surface area contributed by atoms with Gasteiger partial charge in [-0.3, -0.25) is 0 Å². The maximum absolute atomic E-state index is 8.88. The van der Waals surface area contributed by atoms with Crippen molar-refractivity contribution in [1.29, 1.82) is 0 Å². The van der Waals surface area contributed by atoms with E-state index in [9.17, 15) is 0 Å². The monoisotopic (exact) mass is 362 g/mol. The first kappa shape index (κ1) is 30.8. The van der Waals surface area contributed by atoms with Crippen LogP contribution in [0, 0.1) is 17.8 Å². The Bertz CT molecular complexity index is 202. The Labute approximate surface area is 141 Å². The second kappa shape index (κ2) is 22.0. The lowest BCUT2D eigenvalue weighted by molar-refractivity contribution is 0.234. The van der Waals surface area contributed by atoms with Crippen LogP contribution in [0.1, 0.15) is 60.8 Å². The van der Waals surface area contributed by atoms with Crippen molar-refractivity contribution in [2.75, 3.05) is 19.8 Å². The minimum absolute atomic E-state index is 0.330. The second-order valence-electron chi connectivity index (χ2n) is 5.60. The van der Waals surface area contributed by atoms with E-state index < -0.39 is 7.82 Å². The highest BCUT2D eigenvalue weighted by molar-refractivity contribution is 7.45. The van der Waals surface area contributed by atoms with Crippen LogP contribution < -0.4 is 0 Å². The third kappa shape index (κ3) is 61.1. The van der Waals surface area contributed by atoms with E-state index in [4.69, 9.17) is 34.6 Å². The summed E-state index contributed by atoms with van der Waals surface area (Å²) in [7, 11) is -4.64. The topological polar surface area (TPSA) is 138 Å². The molecule has 3 unspecified atom stereocenters. The summed E-state index contributed by atoms with van der Waals surface area (Å²) in [6.45, 7) is 13.3. The van der Waals surface area contributed by atoms with Crippen LogP contribution in [0.5, 0.6) is 0 Å². The number of hydrogen-bond acceptors (Lipinski definition) is 4. The Morgan fingerprint density at radius 3 is 0.783 bits per heavy atom. The molecule has 0 saturated carbocycles. The van der Waals surface area contributed by atoms with Crippen molar-refractivity contribution in [3.8, 4) is 0 Å². The minimum Gasteiger partial charge on any atom is -0.396 e. The summed E-state index contributed by atoms with van der Waals surface area (Å²) in [6.07, 6.45) is 3.24. The summed E-state index contributed by atoms with van der Waals surface area (Å²) in [4.78, 5) is 21.6. The molecule has 6 N–H and O–H groups in total. The average Bonchev–Trinajstić information content (AvgIpc) is 2.51. The van der Waals surface area contributed by atoms with Gasteiger partial charge in [0.25, 0.3) is 0 Å². The fourth-order valence-corrected chi connectivity index (χ4v) is 0.387. The van der Waals surface area contributed by atoms with Gasteiger partial charge in [0.2, 0.25) is 0 Å². The highest BCUT2D eigenvalue weighted by atomic mass is 31.2. The number of aliphatic hydroxyl groups excluding tert-OH is 3. The van der Waals surface area contributed by atoms with Gasteiger partial charge in [0.05, 0.1) is 0 Å². The maximum atomic E-state index is 8.88. The van der Waals surface area contributed by atoms with Gasteiger partial charge in [-0.1, -0.05) is 60.8 Å². The number of hydrogen-bond donors (Lipinski definition) is 6. The summed E-state index contributed by atoms with van der Waals surface area (Å²) in [5.74, 6) is 1.47. The molecule has 0 aliphatic heterocycles. The Morgan fingerprint density at radius 2 is 0.783 bits per heavy atom. The summed E-state index contributed by atoms with van der Waals surface area (Å²) in [5, 5.41) is 25.0. The minimum atomic E-state index is -4.64. The number of rotatable bonds is 6. The molecule has 0 aromatic rings. The summed E-state index contributed by atoms with van der Waals surface area (Å²) in [5.41, 5.74) is 0. The molecule has 0 saturated heterocycles. The Hall–Kier alpha value is -0.0100. The SMILES string of the molecule is CCC(C)CO.CCC(C)CO.CCC(C)CO.O=P(O)(O)O. The van der Waals surface area contributed by atoms with Crippen LogP contribution in [0.25, 0.3) is 0 Å². The van der Waals surface area contributed by atoms with Crippen LogP contribution in [0.4, 0.5) is 0 Å². The molecule has 0 radical (unpaired) electrons. The lowest BCUT2D eigenvalue weighted by atomic mass is 10.1. The standard InChI is InChI=1S/3C5H12O.H3O4P/c3*1-3-5(2)4-6;1-5(2,3)4/h3*5-6H,3-4H2,1-2H3;(H3,1,2,3,4). The molecule has 8 heteroatoms. The summed E-state index contributed by atoms with van der Waals surface area (Å²) >= 11 is 0. The molecule has 0 heterocycles. The average molecular weight is 362 g/mol. The van der Waals surface area contributed by atoms with Crippen LogP contribution >= 0.6 is 7.82 Å². The molecule has 146 valence electrons. The smallest absolute Gasteiger partial charge is 0.396 e. The first-order valence-corrected chi connectivity index (χ1v) is 9.60. The van der Waals surface area contributed by atoms with Crippen LogP contribution in [-0.4, -0.2) is 49.8 Å². The molecule has 0 aromatic carbocycles. The van der Waals surface area contributed by atoms with E-state index in [1.165, 1.54) is 0 Å². The van der Waals surface area contributed by atoms with E-state index in [0.717, 1.165) is 19.3 Å². The third-order valence-electron chi connectivity index (χ3n) is 3.03. The van der Waals surface area contributed by atoms with Crippen LogP contribution in [0.3, 0.4) is 0 Å². The predicted octanol–water partition coefficient (Wildman–Crippen LogP) is 2.15. The van der Waals surface area contributed by atoms with Gasteiger partial charge in [-0.25, -0.2) is 4.57 Å². The maximum Gasteiger partial charge on any atom is 0.466 e. The molecule has 0 aliphatic carbocycles. The van der Waals surface area contributed by atoms with Crippen molar-refractivity contribution >= 4 is 7.82 Å². The van der Waals surface area contributed by atoms with Gasteiger partial charge in [-0.05, 0) is 17.8 Å². The molecule has 0 aromatic heterocycles. The van der Waals surface area contributed by atoms with Crippen molar-refractivity contribution in [2.24, 2.45) is 17.8 Å². The van der Waals surface area contributed by atoms with E-state index >= 15 is 0 Å². The first-order valence-electron chi connectivity index (χ1n) is 8.03. The highest BCUT2D eigenvalue weighted by Crippen LogP contribution is 2.25. The molecule has 0 bridgehead atoms. The molecular weight excluding hydrogens is 323 g/mol. The van der Waals surface area contributed by atoms with Crippen molar-refractivity contribution in [2.45, 2.75) is 60.8 Å². The highest BCUT2D eigenvalue weighted by Gasteiger charge is 2.00. The van der Waals surface area contributed by atoms with Gasteiger partial charge in [0.15, 0.2) is 0 Å². The molecule has 0 rings (SSSR count). The quantitative estimate of drug-likeness (QED) is 0.398. The van der Waals surface area contributed by atoms with E-state index in [1.54, 1.807) is 0 Å². The zero-order chi connectivity index (χ0) is 19.5. The molecule has 0 fully saturated rings. The Morgan fingerprint density at radius 1 is 0.652 bits per heavy atom. The van der Waals surface area contributed by atoms with Gasteiger partial charge in [-0.15, -0.1) is 0 Å². The molecule has 23 heavy (non-hydrogen) atoms. The van der Waals surface area contributed by atoms with Gasteiger partial charge in [0.1, 0.15) is 0 Å². The van der Waals surface area contributed by atoms with E-state index in [2.05, 4.69) is 20.8 Å². The lowest BCUT2D eigenvalue weighted by Gasteiger charge is -1.98. The Kier molecular flexibility index (Phi) is 29.5. The predicted molar refractivity (Wildman–Crippen MR) is 93.9 cm³/mol. The summed E-state index contributed by atoms with van der Waals surface area (Å²) in [6, 6.07) is 0.